The van der Waals surface area contributed by atoms with Crippen LogP contribution in [-0.2, 0) is 4.74 Å². The molecule has 32 heavy (non-hydrogen) atoms. The zero-order chi connectivity index (χ0) is 23.2. The second-order valence-corrected chi connectivity index (χ2v) is 8.34. The molecule has 0 unspecified atom stereocenters. The summed E-state index contributed by atoms with van der Waals surface area (Å²) in [5.41, 5.74) is 1.67. The summed E-state index contributed by atoms with van der Waals surface area (Å²) < 4.78 is 7.45. The number of aryl methyl sites for hydroxylation is 1. The van der Waals surface area contributed by atoms with Crippen LogP contribution in [-0.4, -0.2) is 73.2 Å². The fraction of sp³-hybridized carbons (Fsp3) is 0.381. The number of hydrogen-bond acceptors (Lipinski definition) is 7. The molecule has 170 valence electrons. The Hall–Kier alpha value is -2.76. The Morgan fingerprint density at radius 3 is 2.69 bits per heavy atom. The van der Waals surface area contributed by atoms with E-state index in [1.165, 1.54) is 15.8 Å². The molecule has 0 bridgehead atoms. The number of amides is 2. The predicted octanol–water partition coefficient (Wildman–Crippen LogP) is 1.84. The Kier molecular flexibility index (Phi) is 6.06. The van der Waals surface area contributed by atoms with Crippen LogP contribution >= 0.6 is 11.6 Å². The van der Waals surface area contributed by atoms with E-state index < -0.39 is 30.6 Å². The van der Waals surface area contributed by atoms with E-state index in [4.69, 9.17) is 16.3 Å². The van der Waals surface area contributed by atoms with E-state index in [9.17, 15) is 20.1 Å². The van der Waals surface area contributed by atoms with E-state index in [1.807, 2.05) is 0 Å². The maximum Gasteiger partial charge on any atom is 0.322 e. The minimum absolute atomic E-state index is 0.300. The van der Waals surface area contributed by atoms with Gasteiger partial charge in [0.25, 0.3) is 0 Å². The highest BCUT2D eigenvalue weighted by Crippen LogP contribution is 2.38. The first-order valence-corrected chi connectivity index (χ1v) is 10.3. The van der Waals surface area contributed by atoms with Crippen molar-refractivity contribution in [3.05, 3.63) is 52.9 Å². The van der Waals surface area contributed by atoms with Gasteiger partial charge in [-0.25, -0.2) is 14.8 Å². The van der Waals surface area contributed by atoms with Gasteiger partial charge in [0.2, 0.25) is 0 Å². The Morgan fingerprint density at radius 2 is 2.00 bits per heavy atom. The van der Waals surface area contributed by atoms with Crippen LogP contribution < -0.4 is 5.32 Å². The molecule has 2 aromatic heterocycles. The second-order valence-electron chi connectivity index (χ2n) is 7.93. The summed E-state index contributed by atoms with van der Waals surface area (Å²) in [4.78, 5) is 21.8. The van der Waals surface area contributed by atoms with Gasteiger partial charge in [0, 0.05) is 25.3 Å². The molecule has 1 fully saturated rings. The average molecular weight is 462 g/mol. The number of carbonyl (C=O) groups excluding carboxylic acids is 1. The Labute approximate surface area is 189 Å². The van der Waals surface area contributed by atoms with Crippen LogP contribution in [0.4, 0.5) is 10.6 Å². The van der Waals surface area contributed by atoms with Crippen molar-refractivity contribution in [2.24, 2.45) is 0 Å². The van der Waals surface area contributed by atoms with Crippen LogP contribution in [0.15, 0.2) is 36.8 Å². The number of fused-ring (bicyclic) bond motifs is 1. The number of aliphatic hydroxyl groups excluding tert-OH is 3. The molecule has 0 aliphatic carbocycles. The maximum atomic E-state index is 12.0. The summed E-state index contributed by atoms with van der Waals surface area (Å²) in [7, 11) is 3.22. The molecule has 0 saturated carbocycles. The number of nitrogens with one attached hydrogen (secondary N) is 1. The molecular weight excluding hydrogens is 438 g/mol. The molecule has 11 heteroatoms. The Bertz CT molecular complexity index is 1150. The van der Waals surface area contributed by atoms with Crippen molar-refractivity contribution < 1.29 is 24.9 Å². The monoisotopic (exact) mass is 461 g/mol. The summed E-state index contributed by atoms with van der Waals surface area (Å²) in [6, 6.07) is 6.33. The molecule has 3 heterocycles. The smallest absolute Gasteiger partial charge is 0.322 e. The van der Waals surface area contributed by atoms with Gasteiger partial charge < -0.3 is 29.5 Å². The lowest BCUT2D eigenvalue weighted by atomic mass is 9.98. The van der Waals surface area contributed by atoms with Gasteiger partial charge in [-0.3, -0.25) is 5.32 Å². The number of urea groups is 1. The standard InChI is InChI=1S/C21H24ClN5O5/c1-10-8-11(4-5-13(10)22)14(28)17-15(29)16(30)20(32-17)27-7-6-12-18(23-9-24-19(12)27)25-21(31)26(2)3/h4-9,14-17,20,28-30H,1-3H3,(H,23,24,25,31)/t14-,15+,16-,17-,20-/m1/s1. The Morgan fingerprint density at radius 1 is 1.25 bits per heavy atom. The van der Waals surface area contributed by atoms with Crippen LogP contribution in [0.2, 0.25) is 5.02 Å². The summed E-state index contributed by atoms with van der Waals surface area (Å²) in [5.74, 6) is 0.300. The number of nitrogens with zero attached hydrogens (tertiary/aromatic N) is 4. The van der Waals surface area contributed by atoms with Crippen molar-refractivity contribution in [1.82, 2.24) is 19.4 Å². The molecule has 0 radical (unpaired) electrons. The number of aromatic nitrogens is 3. The molecular formula is C21H24ClN5O5. The van der Waals surface area contributed by atoms with Crippen molar-refractivity contribution in [1.29, 1.82) is 0 Å². The third-order valence-corrected chi connectivity index (χ3v) is 5.95. The van der Waals surface area contributed by atoms with Crippen LogP contribution in [0.25, 0.3) is 11.0 Å². The van der Waals surface area contributed by atoms with Gasteiger partial charge in [0.1, 0.15) is 42.2 Å². The van der Waals surface area contributed by atoms with Crippen LogP contribution in [0.1, 0.15) is 23.5 Å². The van der Waals surface area contributed by atoms with Crippen LogP contribution in [0, 0.1) is 6.92 Å². The number of hydrogen-bond donors (Lipinski definition) is 4. The van der Waals surface area contributed by atoms with Crippen molar-refractivity contribution >= 4 is 34.5 Å². The van der Waals surface area contributed by atoms with Crippen molar-refractivity contribution in [3.63, 3.8) is 0 Å². The van der Waals surface area contributed by atoms with Crippen molar-refractivity contribution in [3.8, 4) is 0 Å². The molecule has 4 rings (SSSR count). The second kappa shape index (κ2) is 8.64. The lowest BCUT2D eigenvalue weighted by Gasteiger charge is -2.22. The van der Waals surface area contributed by atoms with Crippen molar-refractivity contribution in [2.45, 2.75) is 37.6 Å². The fourth-order valence-corrected chi connectivity index (χ4v) is 3.82. The first kappa shape index (κ1) is 22.4. The highest BCUT2D eigenvalue weighted by molar-refractivity contribution is 6.31. The predicted molar refractivity (Wildman–Crippen MR) is 117 cm³/mol. The molecule has 1 aromatic carbocycles. The molecule has 1 aliphatic rings. The molecule has 3 aromatic rings. The van der Waals surface area contributed by atoms with Crippen LogP contribution in [0.5, 0.6) is 0 Å². The van der Waals surface area contributed by atoms with E-state index in [0.29, 0.717) is 27.4 Å². The number of benzene rings is 1. The fourth-order valence-electron chi connectivity index (χ4n) is 3.71. The van der Waals surface area contributed by atoms with Crippen molar-refractivity contribution in [2.75, 3.05) is 19.4 Å². The highest BCUT2D eigenvalue weighted by atomic mass is 35.5. The Balaban J connectivity index is 1.63. The number of halogens is 1. The average Bonchev–Trinajstić information content (AvgIpc) is 3.31. The molecule has 1 aliphatic heterocycles. The zero-order valence-electron chi connectivity index (χ0n) is 17.7. The maximum absolute atomic E-state index is 12.0. The third-order valence-electron chi connectivity index (χ3n) is 5.52. The topological polar surface area (TPSA) is 133 Å². The van der Waals surface area contributed by atoms with E-state index >= 15 is 0 Å². The van der Waals surface area contributed by atoms with Gasteiger partial charge in [0.15, 0.2) is 6.23 Å². The third kappa shape index (κ3) is 3.91. The summed E-state index contributed by atoms with van der Waals surface area (Å²) >= 11 is 6.06. The number of rotatable bonds is 4. The largest absolute Gasteiger partial charge is 0.387 e. The van der Waals surface area contributed by atoms with Crippen LogP contribution in [0.3, 0.4) is 0 Å². The van der Waals surface area contributed by atoms with E-state index in [1.54, 1.807) is 51.5 Å². The van der Waals surface area contributed by atoms with Gasteiger partial charge in [-0.05, 0) is 30.2 Å². The first-order valence-electron chi connectivity index (χ1n) is 9.94. The number of aliphatic hydroxyl groups is 3. The van der Waals surface area contributed by atoms with Gasteiger partial charge in [0.05, 0.1) is 5.39 Å². The number of anilines is 1. The molecule has 2 amide bonds. The molecule has 4 N–H and O–H groups in total. The summed E-state index contributed by atoms with van der Waals surface area (Å²) in [6.07, 6.45) is -3.05. The molecule has 1 saturated heterocycles. The lowest BCUT2D eigenvalue weighted by Crippen LogP contribution is -2.34. The van der Waals surface area contributed by atoms with Gasteiger partial charge in [-0.1, -0.05) is 23.7 Å². The molecule has 0 spiro atoms. The van der Waals surface area contributed by atoms with E-state index in [0.717, 1.165) is 5.56 Å². The molecule has 5 atom stereocenters. The van der Waals surface area contributed by atoms with E-state index in [-0.39, 0.29) is 6.03 Å². The molecule has 10 nitrogen and oxygen atoms in total. The highest BCUT2D eigenvalue weighted by Gasteiger charge is 2.47. The van der Waals surface area contributed by atoms with Gasteiger partial charge >= 0.3 is 6.03 Å². The van der Waals surface area contributed by atoms with Gasteiger partial charge in [-0.15, -0.1) is 0 Å². The zero-order valence-corrected chi connectivity index (χ0v) is 18.4. The minimum Gasteiger partial charge on any atom is -0.387 e. The SMILES string of the molecule is Cc1cc([C@@H](O)[C@H]2O[C@@H](n3ccc4c(NC(=O)N(C)C)ncnc43)[C@H](O)[C@@H]2O)ccc1Cl. The van der Waals surface area contributed by atoms with E-state index in [2.05, 4.69) is 15.3 Å². The normalized spacial score (nSPS) is 24.0. The summed E-state index contributed by atoms with van der Waals surface area (Å²) in [5, 5.41) is 35.9. The quantitative estimate of drug-likeness (QED) is 0.466. The van der Waals surface area contributed by atoms with Gasteiger partial charge in [-0.2, -0.15) is 0 Å². The number of carbonyl (C=O) groups is 1. The number of ether oxygens (including phenoxy) is 1. The summed E-state index contributed by atoms with van der Waals surface area (Å²) in [6.45, 7) is 1.81. The minimum atomic E-state index is -1.35. The lowest BCUT2D eigenvalue weighted by molar-refractivity contribution is -0.0848. The first-order chi connectivity index (χ1) is 15.2.